The third kappa shape index (κ3) is 3.17. The van der Waals surface area contributed by atoms with Crippen LogP contribution >= 0.6 is 0 Å². The normalized spacial score (nSPS) is 15.5. The van der Waals surface area contributed by atoms with E-state index in [2.05, 4.69) is 14.3 Å². The summed E-state index contributed by atoms with van der Waals surface area (Å²) in [4.78, 5) is 20.8. The molecule has 1 saturated heterocycles. The lowest BCUT2D eigenvalue weighted by atomic mass is 10.1. The molecule has 1 aliphatic heterocycles. The van der Waals surface area contributed by atoms with Crippen LogP contribution in [0.5, 0.6) is 0 Å². The highest BCUT2D eigenvalue weighted by Crippen LogP contribution is 2.15. The van der Waals surface area contributed by atoms with Gasteiger partial charge in [0.05, 0.1) is 11.9 Å². The number of fused-ring (bicyclic) bond motifs is 1. The quantitative estimate of drug-likeness (QED) is 0.724. The summed E-state index contributed by atoms with van der Waals surface area (Å²) < 4.78 is 28.4. The summed E-state index contributed by atoms with van der Waals surface area (Å²) in [7, 11) is 0. The predicted octanol–water partition coefficient (Wildman–Crippen LogP) is 2.57. The number of carbonyl (C=O) groups is 1. The highest BCUT2D eigenvalue weighted by atomic mass is 19.2. The first-order valence-corrected chi connectivity index (χ1v) is 8.49. The molecule has 5 nitrogen and oxygen atoms in total. The Hall–Kier alpha value is -2.80. The fraction of sp³-hybridized carbons (Fsp3) is 0.263. The molecule has 3 aromatic rings. The number of imidazole rings is 1. The van der Waals surface area contributed by atoms with Crippen molar-refractivity contribution in [1.82, 2.24) is 19.2 Å². The van der Waals surface area contributed by atoms with Gasteiger partial charge >= 0.3 is 0 Å². The van der Waals surface area contributed by atoms with Crippen molar-refractivity contribution in [2.45, 2.75) is 6.54 Å². The lowest BCUT2D eigenvalue weighted by Gasteiger charge is -2.34. The van der Waals surface area contributed by atoms with Gasteiger partial charge in [-0.2, -0.15) is 0 Å². The summed E-state index contributed by atoms with van der Waals surface area (Å²) in [5.41, 5.74) is 2.19. The van der Waals surface area contributed by atoms with Crippen LogP contribution in [0.25, 0.3) is 5.65 Å². The molecule has 2 aromatic heterocycles. The molecule has 4 rings (SSSR count). The smallest absolute Gasteiger partial charge is 0.254 e. The second-order valence-electron chi connectivity index (χ2n) is 6.38. The first-order valence-electron chi connectivity index (χ1n) is 8.49. The third-order valence-electron chi connectivity index (χ3n) is 4.71. The molecule has 0 unspecified atom stereocenters. The zero-order valence-electron chi connectivity index (χ0n) is 14.1. The molecule has 0 spiro atoms. The Kier molecular flexibility index (Phi) is 4.38. The Balaban J connectivity index is 1.39. The number of piperazine rings is 1. The van der Waals surface area contributed by atoms with Gasteiger partial charge in [-0.3, -0.25) is 9.69 Å². The molecular formula is C19H18F2N4O. The lowest BCUT2D eigenvalue weighted by molar-refractivity contribution is 0.0626. The average molecular weight is 356 g/mol. The number of rotatable bonds is 3. The van der Waals surface area contributed by atoms with Crippen molar-refractivity contribution in [2.24, 2.45) is 0 Å². The molecule has 1 fully saturated rings. The van der Waals surface area contributed by atoms with Crippen molar-refractivity contribution in [3.8, 4) is 0 Å². The van der Waals surface area contributed by atoms with E-state index < -0.39 is 11.6 Å². The van der Waals surface area contributed by atoms with Crippen molar-refractivity contribution in [3.05, 3.63) is 71.7 Å². The molecule has 3 heterocycles. The minimum atomic E-state index is -0.998. The van der Waals surface area contributed by atoms with Crippen LogP contribution in [0.3, 0.4) is 0 Å². The number of halogens is 2. The molecule has 0 N–H and O–H groups in total. The van der Waals surface area contributed by atoms with E-state index in [0.29, 0.717) is 13.1 Å². The summed E-state index contributed by atoms with van der Waals surface area (Å²) in [6, 6.07) is 9.16. The highest BCUT2D eigenvalue weighted by Gasteiger charge is 2.23. The first kappa shape index (κ1) is 16.7. The molecule has 1 aliphatic rings. The largest absolute Gasteiger partial charge is 0.336 e. The van der Waals surface area contributed by atoms with Gasteiger partial charge in [-0.15, -0.1) is 0 Å². The zero-order chi connectivity index (χ0) is 18.1. The average Bonchev–Trinajstić information content (AvgIpc) is 3.07. The van der Waals surface area contributed by atoms with Crippen molar-refractivity contribution in [1.29, 1.82) is 0 Å². The Morgan fingerprint density at radius 3 is 2.62 bits per heavy atom. The molecule has 0 saturated carbocycles. The van der Waals surface area contributed by atoms with E-state index in [0.717, 1.165) is 43.1 Å². The van der Waals surface area contributed by atoms with E-state index in [1.807, 2.05) is 30.6 Å². The molecule has 0 bridgehead atoms. The lowest BCUT2D eigenvalue weighted by Crippen LogP contribution is -2.48. The summed E-state index contributed by atoms with van der Waals surface area (Å²) in [5.74, 6) is -2.21. The maximum Gasteiger partial charge on any atom is 0.254 e. The molecule has 26 heavy (non-hydrogen) atoms. The fourth-order valence-electron chi connectivity index (χ4n) is 3.25. The molecule has 7 heteroatoms. The molecule has 1 amide bonds. The Morgan fingerprint density at radius 2 is 1.85 bits per heavy atom. The van der Waals surface area contributed by atoms with Crippen LogP contribution in [0.4, 0.5) is 8.78 Å². The van der Waals surface area contributed by atoms with Crippen molar-refractivity contribution in [3.63, 3.8) is 0 Å². The molecule has 1 aromatic carbocycles. The van der Waals surface area contributed by atoms with Gasteiger partial charge in [-0.05, 0) is 30.3 Å². The number of nitrogens with zero attached hydrogens (tertiary/aromatic N) is 4. The number of amides is 1. The van der Waals surface area contributed by atoms with Gasteiger partial charge < -0.3 is 9.30 Å². The summed E-state index contributed by atoms with van der Waals surface area (Å²) in [6.45, 7) is 3.28. The van der Waals surface area contributed by atoms with Crippen molar-refractivity contribution < 1.29 is 13.6 Å². The van der Waals surface area contributed by atoms with E-state index in [1.54, 1.807) is 4.90 Å². The van der Waals surface area contributed by atoms with Gasteiger partial charge in [-0.1, -0.05) is 6.07 Å². The van der Waals surface area contributed by atoms with E-state index in [4.69, 9.17) is 0 Å². The molecule has 0 aliphatic carbocycles. The van der Waals surface area contributed by atoms with E-state index >= 15 is 0 Å². The van der Waals surface area contributed by atoms with Crippen LogP contribution in [0.15, 0.2) is 48.8 Å². The van der Waals surface area contributed by atoms with Crippen molar-refractivity contribution >= 4 is 11.6 Å². The van der Waals surface area contributed by atoms with E-state index in [9.17, 15) is 13.6 Å². The molecular weight excluding hydrogens is 338 g/mol. The number of aromatic nitrogens is 2. The van der Waals surface area contributed by atoms with Crippen LogP contribution in [-0.2, 0) is 6.54 Å². The molecule has 134 valence electrons. The first-order chi connectivity index (χ1) is 12.6. The van der Waals surface area contributed by atoms with Crippen LogP contribution in [0.1, 0.15) is 16.1 Å². The van der Waals surface area contributed by atoms with Gasteiger partial charge in [0.2, 0.25) is 0 Å². The maximum atomic E-state index is 13.3. The standard InChI is InChI=1S/C19H18F2N4O/c20-16-5-4-14(11-17(16)21)19(26)24-9-7-23(8-10-24)13-15-12-22-18-3-1-2-6-25(15)18/h1-6,11-12H,7-10,13H2. The summed E-state index contributed by atoms with van der Waals surface area (Å²) in [6.07, 6.45) is 3.86. The number of carbonyl (C=O) groups excluding carboxylic acids is 1. The van der Waals surface area contributed by atoms with Crippen LogP contribution in [0, 0.1) is 11.6 Å². The zero-order valence-corrected chi connectivity index (χ0v) is 14.1. The fourth-order valence-corrected chi connectivity index (χ4v) is 3.25. The van der Waals surface area contributed by atoms with Gasteiger partial charge in [0.1, 0.15) is 5.65 Å². The SMILES string of the molecule is O=C(c1ccc(F)c(F)c1)N1CCN(Cc2cnc3ccccn23)CC1. The van der Waals surface area contributed by atoms with E-state index in [1.165, 1.54) is 6.07 Å². The topological polar surface area (TPSA) is 40.9 Å². The van der Waals surface area contributed by atoms with Gasteiger partial charge in [-0.25, -0.2) is 13.8 Å². The minimum Gasteiger partial charge on any atom is -0.336 e. The van der Waals surface area contributed by atoms with Gasteiger partial charge in [0, 0.05) is 44.5 Å². The monoisotopic (exact) mass is 356 g/mol. The summed E-state index contributed by atoms with van der Waals surface area (Å²) >= 11 is 0. The summed E-state index contributed by atoms with van der Waals surface area (Å²) in [5, 5.41) is 0. The third-order valence-corrected chi connectivity index (χ3v) is 4.71. The van der Waals surface area contributed by atoms with Gasteiger partial charge in [0.15, 0.2) is 11.6 Å². The molecule has 0 atom stereocenters. The Morgan fingerprint density at radius 1 is 1.04 bits per heavy atom. The second kappa shape index (κ2) is 6.84. The molecule has 0 radical (unpaired) electrons. The number of hydrogen-bond acceptors (Lipinski definition) is 3. The maximum absolute atomic E-state index is 13.3. The van der Waals surface area contributed by atoms with Crippen LogP contribution < -0.4 is 0 Å². The number of benzene rings is 1. The number of pyridine rings is 1. The Labute approximate surface area is 149 Å². The highest BCUT2D eigenvalue weighted by molar-refractivity contribution is 5.94. The minimum absolute atomic E-state index is 0.180. The number of hydrogen-bond donors (Lipinski definition) is 0. The van der Waals surface area contributed by atoms with Crippen molar-refractivity contribution in [2.75, 3.05) is 26.2 Å². The van der Waals surface area contributed by atoms with Gasteiger partial charge in [0.25, 0.3) is 5.91 Å². The Bertz CT molecular complexity index is 948. The van der Waals surface area contributed by atoms with Crippen LogP contribution in [-0.4, -0.2) is 51.3 Å². The predicted molar refractivity (Wildman–Crippen MR) is 92.7 cm³/mol. The van der Waals surface area contributed by atoms with Crippen LogP contribution in [0.2, 0.25) is 0 Å². The second-order valence-corrected chi connectivity index (χ2v) is 6.38. The van der Waals surface area contributed by atoms with E-state index in [-0.39, 0.29) is 11.5 Å².